The smallest absolute Gasteiger partial charge is 0.130 e. The summed E-state index contributed by atoms with van der Waals surface area (Å²) in [6.07, 6.45) is 2.37. The zero-order valence-corrected chi connectivity index (χ0v) is 10.5. The second kappa shape index (κ2) is 6.34. The molecule has 1 saturated heterocycles. The van der Waals surface area contributed by atoms with Crippen molar-refractivity contribution < 1.29 is 9.13 Å². The van der Waals surface area contributed by atoms with Crippen molar-refractivity contribution in [2.75, 3.05) is 19.7 Å². The number of piperidine rings is 1. The van der Waals surface area contributed by atoms with Crippen molar-refractivity contribution in [2.45, 2.75) is 19.4 Å². The van der Waals surface area contributed by atoms with Gasteiger partial charge in [-0.3, -0.25) is 0 Å². The van der Waals surface area contributed by atoms with E-state index in [1.54, 1.807) is 12.1 Å². The van der Waals surface area contributed by atoms with E-state index in [0.717, 1.165) is 13.1 Å². The zero-order chi connectivity index (χ0) is 12.1. The van der Waals surface area contributed by atoms with E-state index < -0.39 is 0 Å². The third kappa shape index (κ3) is 3.66. The van der Waals surface area contributed by atoms with E-state index in [-0.39, 0.29) is 12.4 Å². The monoisotopic (exact) mass is 257 g/mol. The van der Waals surface area contributed by atoms with E-state index in [2.05, 4.69) is 5.32 Å². The van der Waals surface area contributed by atoms with Crippen molar-refractivity contribution in [1.82, 2.24) is 5.32 Å². The van der Waals surface area contributed by atoms with Crippen molar-refractivity contribution >= 4 is 11.6 Å². The lowest BCUT2D eigenvalue weighted by Gasteiger charge is -2.22. The first-order valence-corrected chi connectivity index (χ1v) is 6.36. The van der Waals surface area contributed by atoms with Crippen LogP contribution in [-0.2, 0) is 11.3 Å². The molecule has 0 radical (unpaired) electrons. The summed E-state index contributed by atoms with van der Waals surface area (Å²) < 4.78 is 19.0. The fourth-order valence-electron chi connectivity index (χ4n) is 2.06. The van der Waals surface area contributed by atoms with Crippen LogP contribution >= 0.6 is 11.6 Å². The van der Waals surface area contributed by atoms with Gasteiger partial charge in [0.25, 0.3) is 0 Å². The standard InChI is InChI=1S/C13H17ClFNO/c14-12-4-1-5-13(15)11(12)9-17-8-10-3-2-6-16-7-10/h1,4-5,10,16H,2-3,6-9H2/t10-/m0/s1. The molecule has 1 aromatic rings. The molecule has 0 saturated carbocycles. The highest BCUT2D eigenvalue weighted by Gasteiger charge is 2.14. The lowest BCUT2D eigenvalue weighted by molar-refractivity contribution is 0.0766. The molecule has 1 fully saturated rings. The summed E-state index contributed by atoms with van der Waals surface area (Å²) in [4.78, 5) is 0. The molecule has 1 N–H and O–H groups in total. The number of benzene rings is 1. The van der Waals surface area contributed by atoms with Crippen LogP contribution < -0.4 is 5.32 Å². The van der Waals surface area contributed by atoms with E-state index >= 15 is 0 Å². The Bertz CT molecular complexity index is 346. The van der Waals surface area contributed by atoms with Gasteiger partial charge >= 0.3 is 0 Å². The lowest BCUT2D eigenvalue weighted by atomic mass is 10.0. The van der Waals surface area contributed by atoms with Crippen LogP contribution in [0.5, 0.6) is 0 Å². The first-order valence-electron chi connectivity index (χ1n) is 5.98. The van der Waals surface area contributed by atoms with E-state index in [1.807, 2.05) is 0 Å². The zero-order valence-electron chi connectivity index (χ0n) is 9.72. The Hall–Kier alpha value is -0.640. The molecule has 1 aliphatic rings. The van der Waals surface area contributed by atoms with Gasteiger partial charge in [0.05, 0.1) is 13.2 Å². The van der Waals surface area contributed by atoms with Crippen LogP contribution in [0, 0.1) is 11.7 Å². The van der Waals surface area contributed by atoms with Gasteiger partial charge in [0.1, 0.15) is 5.82 Å². The Morgan fingerprint density at radius 3 is 3.06 bits per heavy atom. The third-order valence-corrected chi connectivity index (χ3v) is 3.41. The topological polar surface area (TPSA) is 21.3 Å². The van der Waals surface area contributed by atoms with Gasteiger partial charge in [0.2, 0.25) is 0 Å². The summed E-state index contributed by atoms with van der Waals surface area (Å²) in [6, 6.07) is 4.70. The van der Waals surface area contributed by atoms with Gasteiger partial charge in [-0.1, -0.05) is 17.7 Å². The summed E-state index contributed by atoms with van der Waals surface area (Å²) in [7, 11) is 0. The molecule has 1 atom stereocenters. The average Bonchev–Trinajstić information content (AvgIpc) is 2.34. The normalized spacial score (nSPS) is 20.5. The quantitative estimate of drug-likeness (QED) is 0.895. The molecule has 0 unspecified atom stereocenters. The minimum absolute atomic E-state index is 0.252. The molecule has 0 spiro atoms. The van der Waals surface area contributed by atoms with Crippen molar-refractivity contribution in [2.24, 2.45) is 5.92 Å². The second-order valence-corrected chi connectivity index (χ2v) is 4.83. The summed E-state index contributed by atoms with van der Waals surface area (Å²) in [6.45, 7) is 3.00. The Morgan fingerprint density at radius 2 is 2.35 bits per heavy atom. The molecule has 0 aliphatic carbocycles. The Labute approximate surface area is 106 Å². The summed E-state index contributed by atoms with van der Waals surface area (Å²) in [5, 5.41) is 3.76. The number of rotatable bonds is 4. The van der Waals surface area contributed by atoms with Crippen LogP contribution in [0.4, 0.5) is 4.39 Å². The maximum absolute atomic E-state index is 13.4. The van der Waals surface area contributed by atoms with Crippen molar-refractivity contribution in [1.29, 1.82) is 0 Å². The Balaban J connectivity index is 1.81. The van der Waals surface area contributed by atoms with Gasteiger partial charge in [-0.05, 0) is 37.4 Å². The van der Waals surface area contributed by atoms with Gasteiger partial charge in [0.15, 0.2) is 0 Å². The molecule has 0 aromatic heterocycles. The molecule has 0 bridgehead atoms. The van der Waals surface area contributed by atoms with Gasteiger partial charge in [0, 0.05) is 17.1 Å². The lowest BCUT2D eigenvalue weighted by Crippen LogP contribution is -2.32. The number of ether oxygens (including phenoxy) is 1. The molecule has 1 aliphatic heterocycles. The molecule has 4 heteroatoms. The fraction of sp³-hybridized carbons (Fsp3) is 0.538. The predicted octanol–water partition coefficient (Wildman–Crippen LogP) is 3.00. The van der Waals surface area contributed by atoms with Crippen LogP contribution in [0.2, 0.25) is 5.02 Å². The Morgan fingerprint density at radius 1 is 1.47 bits per heavy atom. The second-order valence-electron chi connectivity index (χ2n) is 4.43. The third-order valence-electron chi connectivity index (χ3n) is 3.06. The van der Waals surface area contributed by atoms with Crippen LogP contribution in [-0.4, -0.2) is 19.7 Å². The van der Waals surface area contributed by atoms with Crippen LogP contribution in [0.25, 0.3) is 0 Å². The van der Waals surface area contributed by atoms with Crippen LogP contribution in [0.3, 0.4) is 0 Å². The summed E-state index contributed by atoms with van der Waals surface area (Å²) in [5.74, 6) is 0.244. The summed E-state index contributed by atoms with van der Waals surface area (Å²) in [5.41, 5.74) is 0.456. The van der Waals surface area contributed by atoms with E-state index in [4.69, 9.17) is 16.3 Å². The molecular formula is C13H17ClFNO. The molecule has 2 nitrogen and oxygen atoms in total. The predicted molar refractivity (Wildman–Crippen MR) is 66.7 cm³/mol. The number of hydrogen-bond donors (Lipinski definition) is 1. The van der Waals surface area contributed by atoms with Crippen molar-refractivity contribution in [3.05, 3.63) is 34.6 Å². The minimum atomic E-state index is -0.292. The molecule has 1 heterocycles. The van der Waals surface area contributed by atoms with Gasteiger partial charge < -0.3 is 10.1 Å². The molecule has 2 rings (SSSR count). The first-order chi connectivity index (χ1) is 8.27. The van der Waals surface area contributed by atoms with Gasteiger partial charge in [-0.15, -0.1) is 0 Å². The van der Waals surface area contributed by atoms with Crippen LogP contribution in [0.1, 0.15) is 18.4 Å². The average molecular weight is 258 g/mol. The Kier molecular flexibility index (Phi) is 4.77. The number of halogens is 2. The highest BCUT2D eigenvalue weighted by Crippen LogP contribution is 2.20. The van der Waals surface area contributed by atoms with Gasteiger partial charge in [-0.2, -0.15) is 0 Å². The van der Waals surface area contributed by atoms with E-state index in [0.29, 0.717) is 23.1 Å². The maximum Gasteiger partial charge on any atom is 0.130 e. The summed E-state index contributed by atoms with van der Waals surface area (Å²) >= 11 is 5.92. The largest absolute Gasteiger partial charge is 0.376 e. The van der Waals surface area contributed by atoms with E-state index in [1.165, 1.54) is 18.9 Å². The minimum Gasteiger partial charge on any atom is -0.376 e. The molecule has 1 aromatic carbocycles. The molecule has 0 amide bonds. The SMILES string of the molecule is Fc1cccc(Cl)c1COC[C@H]1CCCNC1. The molecule has 17 heavy (non-hydrogen) atoms. The fourth-order valence-corrected chi connectivity index (χ4v) is 2.28. The molecular weight excluding hydrogens is 241 g/mol. The van der Waals surface area contributed by atoms with Gasteiger partial charge in [-0.25, -0.2) is 4.39 Å². The number of nitrogens with one attached hydrogen (secondary N) is 1. The highest BCUT2D eigenvalue weighted by atomic mass is 35.5. The molecule has 94 valence electrons. The maximum atomic E-state index is 13.4. The number of hydrogen-bond acceptors (Lipinski definition) is 2. The first kappa shape index (κ1) is 12.8. The van der Waals surface area contributed by atoms with Crippen molar-refractivity contribution in [3.8, 4) is 0 Å². The van der Waals surface area contributed by atoms with E-state index in [9.17, 15) is 4.39 Å². The van der Waals surface area contributed by atoms with Crippen LogP contribution in [0.15, 0.2) is 18.2 Å². The van der Waals surface area contributed by atoms with Crippen molar-refractivity contribution in [3.63, 3.8) is 0 Å². The highest BCUT2D eigenvalue weighted by molar-refractivity contribution is 6.31.